The SMILES string of the molecule is CCCC(C)Cn1nnc(C(=O)O)c1-c1cccs1. The van der Waals surface area contributed by atoms with Gasteiger partial charge in [0, 0.05) is 6.54 Å². The summed E-state index contributed by atoms with van der Waals surface area (Å²) < 4.78 is 1.72. The van der Waals surface area contributed by atoms with Crippen molar-refractivity contribution in [3.63, 3.8) is 0 Å². The molecule has 6 heteroatoms. The van der Waals surface area contributed by atoms with E-state index in [9.17, 15) is 9.90 Å². The van der Waals surface area contributed by atoms with Gasteiger partial charge in [-0.05, 0) is 23.8 Å². The van der Waals surface area contributed by atoms with Gasteiger partial charge in [0.05, 0.1) is 4.88 Å². The smallest absolute Gasteiger partial charge is 0.358 e. The average molecular weight is 279 g/mol. The summed E-state index contributed by atoms with van der Waals surface area (Å²) in [5.41, 5.74) is 0.650. The molecule has 0 saturated heterocycles. The van der Waals surface area contributed by atoms with Crippen LogP contribution in [0.4, 0.5) is 0 Å². The summed E-state index contributed by atoms with van der Waals surface area (Å²) >= 11 is 1.50. The quantitative estimate of drug-likeness (QED) is 0.882. The molecule has 19 heavy (non-hydrogen) atoms. The summed E-state index contributed by atoms with van der Waals surface area (Å²) in [5, 5.41) is 18.9. The average Bonchev–Trinajstić information content (AvgIpc) is 2.96. The van der Waals surface area contributed by atoms with Gasteiger partial charge in [0.15, 0.2) is 5.69 Å². The Morgan fingerprint density at radius 2 is 2.37 bits per heavy atom. The molecule has 1 unspecified atom stereocenters. The van der Waals surface area contributed by atoms with Crippen molar-refractivity contribution in [1.82, 2.24) is 15.0 Å². The van der Waals surface area contributed by atoms with E-state index in [2.05, 4.69) is 24.2 Å². The standard InChI is InChI=1S/C13H17N3O2S/c1-3-5-9(2)8-16-12(10-6-4-7-19-10)11(13(17)18)14-15-16/h4,6-7,9H,3,5,8H2,1-2H3,(H,17,18). The molecular weight excluding hydrogens is 262 g/mol. The zero-order valence-corrected chi connectivity index (χ0v) is 11.9. The van der Waals surface area contributed by atoms with Gasteiger partial charge >= 0.3 is 5.97 Å². The van der Waals surface area contributed by atoms with Crippen molar-refractivity contribution in [2.45, 2.75) is 33.2 Å². The van der Waals surface area contributed by atoms with E-state index in [0.29, 0.717) is 18.2 Å². The fraction of sp³-hybridized carbons (Fsp3) is 0.462. The van der Waals surface area contributed by atoms with Crippen LogP contribution in [0, 0.1) is 5.92 Å². The maximum atomic E-state index is 11.2. The van der Waals surface area contributed by atoms with E-state index in [0.717, 1.165) is 17.7 Å². The summed E-state index contributed by atoms with van der Waals surface area (Å²) in [6, 6.07) is 3.80. The van der Waals surface area contributed by atoms with Gasteiger partial charge in [-0.25, -0.2) is 9.48 Å². The fourth-order valence-corrected chi connectivity index (χ4v) is 2.90. The van der Waals surface area contributed by atoms with Crippen molar-refractivity contribution in [3.8, 4) is 10.6 Å². The number of aromatic nitrogens is 3. The summed E-state index contributed by atoms with van der Waals surface area (Å²) in [5.74, 6) is -0.579. The minimum Gasteiger partial charge on any atom is -0.476 e. The van der Waals surface area contributed by atoms with Gasteiger partial charge in [0.1, 0.15) is 5.69 Å². The first kappa shape index (κ1) is 13.7. The predicted molar refractivity (Wildman–Crippen MR) is 74.4 cm³/mol. The molecule has 0 aliphatic carbocycles. The minimum absolute atomic E-state index is 0.0335. The molecule has 0 bridgehead atoms. The van der Waals surface area contributed by atoms with Crippen LogP contribution in [0.15, 0.2) is 17.5 Å². The molecule has 0 aliphatic rings. The second kappa shape index (κ2) is 5.97. The van der Waals surface area contributed by atoms with E-state index in [1.54, 1.807) is 4.68 Å². The van der Waals surface area contributed by atoms with Crippen LogP contribution in [0.1, 0.15) is 37.2 Å². The Balaban J connectivity index is 2.36. The minimum atomic E-state index is -1.03. The topological polar surface area (TPSA) is 68.0 Å². The first-order valence-corrected chi connectivity index (χ1v) is 7.22. The number of carboxylic acid groups (broad SMARTS) is 1. The van der Waals surface area contributed by atoms with E-state index >= 15 is 0 Å². The van der Waals surface area contributed by atoms with Crippen molar-refractivity contribution < 1.29 is 9.90 Å². The monoisotopic (exact) mass is 279 g/mol. The van der Waals surface area contributed by atoms with E-state index < -0.39 is 5.97 Å². The van der Waals surface area contributed by atoms with Gasteiger partial charge in [0.25, 0.3) is 0 Å². The molecule has 102 valence electrons. The van der Waals surface area contributed by atoms with Crippen LogP contribution in [0.25, 0.3) is 10.6 Å². The lowest BCUT2D eigenvalue weighted by Gasteiger charge is -2.11. The second-order valence-electron chi connectivity index (χ2n) is 4.65. The van der Waals surface area contributed by atoms with Crippen LogP contribution in [-0.2, 0) is 6.54 Å². The summed E-state index contributed by atoms with van der Waals surface area (Å²) in [7, 11) is 0. The molecule has 1 N–H and O–H groups in total. The van der Waals surface area contributed by atoms with E-state index in [-0.39, 0.29) is 5.69 Å². The van der Waals surface area contributed by atoms with Crippen LogP contribution in [-0.4, -0.2) is 26.1 Å². The van der Waals surface area contributed by atoms with Gasteiger partial charge < -0.3 is 5.11 Å². The van der Waals surface area contributed by atoms with Crippen molar-refractivity contribution >= 4 is 17.3 Å². The lowest BCUT2D eigenvalue weighted by atomic mass is 10.1. The molecule has 0 fully saturated rings. The van der Waals surface area contributed by atoms with Crippen LogP contribution < -0.4 is 0 Å². The van der Waals surface area contributed by atoms with Crippen molar-refractivity contribution in [1.29, 1.82) is 0 Å². The Kier molecular flexibility index (Phi) is 4.31. The summed E-state index contributed by atoms with van der Waals surface area (Å²) in [6.45, 7) is 4.98. The predicted octanol–water partition coefficient (Wildman–Crippen LogP) is 3.14. The molecule has 2 aromatic rings. The van der Waals surface area contributed by atoms with Gasteiger partial charge in [-0.1, -0.05) is 31.5 Å². The van der Waals surface area contributed by atoms with Crippen molar-refractivity contribution in [2.24, 2.45) is 5.92 Å². The van der Waals surface area contributed by atoms with Gasteiger partial charge in [-0.15, -0.1) is 16.4 Å². The maximum absolute atomic E-state index is 11.2. The van der Waals surface area contributed by atoms with Crippen LogP contribution >= 0.6 is 11.3 Å². The number of hydrogen-bond acceptors (Lipinski definition) is 4. The molecule has 2 rings (SSSR count). The number of carbonyl (C=O) groups is 1. The molecule has 0 amide bonds. The highest BCUT2D eigenvalue weighted by Crippen LogP contribution is 2.27. The summed E-state index contributed by atoms with van der Waals surface area (Å²) in [4.78, 5) is 12.1. The third-order valence-electron chi connectivity index (χ3n) is 2.96. The largest absolute Gasteiger partial charge is 0.476 e. The number of carboxylic acids is 1. The van der Waals surface area contributed by atoms with Crippen molar-refractivity contribution in [3.05, 3.63) is 23.2 Å². The Morgan fingerprint density at radius 3 is 2.95 bits per heavy atom. The third kappa shape index (κ3) is 3.01. The molecule has 0 aromatic carbocycles. The van der Waals surface area contributed by atoms with Gasteiger partial charge in [-0.3, -0.25) is 0 Å². The molecule has 2 heterocycles. The highest BCUT2D eigenvalue weighted by Gasteiger charge is 2.21. The lowest BCUT2D eigenvalue weighted by molar-refractivity contribution is 0.0691. The lowest BCUT2D eigenvalue weighted by Crippen LogP contribution is -2.10. The molecule has 0 radical (unpaired) electrons. The molecule has 0 spiro atoms. The van der Waals surface area contributed by atoms with Gasteiger partial charge in [-0.2, -0.15) is 0 Å². The number of aromatic carboxylic acids is 1. The molecular formula is C13H17N3O2S. The molecule has 2 aromatic heterocycles. The highest BCUT2D eigenvalue weighted by atomic mass is 32.1. The molecule has 5 nitrogen and oxygen atoms in total. The number of hydrogen-bond donors (Lipinski definition) is 1. The van der Waals surface area contributed by atoms with Crippen LogP contribution in [0.5, 0.6) is 0 Å². The van der Waals surface area contributed by atoms with Crippen LogP contribution in [0.2, 0.25) is 0 Å². The molecule has 1 atom stereocenters. The number of thiophene rings is 1. The second-order valence-corrected chi connectivity index (χ2v) is 5.59. The molecule has 0 saturated carbocycles. The first-order chi connectivity index (χ1) is 9.13. The van der Waals surface area contributed by atoms with Crippen molar-refractivity contribution in [2.75, 3.05) is 0 Å². The fourth-order valence-electron chi connectivity index (χ4n) is 2.12. The number of rotatable bonds is 6. The van der Waals surface area contributed by atoms with Crippen LogP contribution in [0.3, 0.4) is 0 Å². The van der Waals surface area contributed by atoms with E-state index in [4.69, 9.17) is 0 Å². The Morgan fingerprint density at radius 1 is 1.58 bits per heavy atom. The third-order valence-corrected chi connectivity index (χ3v) is 3.83. The first-order valence-electron chi connectivity index (χ1n) is 6.34. The van der Waals surface area contributed by atoms with E-state index in [1.807, 2.05) is 17.5 Å². The summed E-state index contributed by atoms with van der Waals surface area (Å²) in [6.07, 6.45) is 2.20. The normalized spacial score (nSPS) is 12.5. The van der Waals surface area contributed by atoms with Gasteiger partial charge in [0.2, 0.25) is 0 Å². The van der Waals surface area contributed by atoms with E-state index in [1.165, 1.54) is 11.3 Å². The Hall–Kier alpha value is -1.69. The highest BCUT2D eigenvalue weighted by molar-refractivity contribution is 7.13. The Bertz CT molecular complexity index is 548. The zero-order chi connectivity index (χ0) is 13.8. The zero-order valence-electron chi connectivity index (χ0n) is 11.0. The Labute approximate surface area is 115 Å². The molecule has 0 aliphatic heterocycles. The number of nitrogens with zero attached hydrogens (tertiary/aromatic N) is 3. The maximum Gasteiger partial charge on any atom is 0.358 e.